The predicted molar refractivity (Wildman–Crippen MR) is 70.9 cm³/mol. The maximum absolute atomic E-state index is 11.4. The number of nitrogens with zero attached hydrogens (tertiary/aromatic N) is 2. The van der Waals surface area contributed by atoms with Crippen LogP contribution in [0.25, 0.3) is 0 Å². The molecule has 17 heavy (non-hydrogen) atoms. The van der Waals surface area contributed by atoms with Gasteiger partial charge < -0.3 is 0 Å². The van der Waals surface area contributed by atoms with Gasteiger partial charge in [-0.15, -0.1) is 0 Å². The molecule has 1 fully saturated rings. The standard InChI is InChI=1S/C11H17BrN2O2S/c1-2-4-14-7-10(6-13-14)11(12)9-3-5-17(15,16)8-9/h6-7,9,11H,2-5,8H2,1H3. The molecule has 96 valence electrons. The van der Waals surface area contributed by atoms with Crippen LogP contribution >= 0.6 is 15.9 Å². The summed E-state index contributed by atoms with van der Waals surface area (Å²) in [5.41, 5.74) is 1.08. The van der Waals surface area contributed by atoms with Crippen LogP contribution in [-0.4, -0.2) is 29.7 Å². The van der Waals surface area contributed by atoms with Gasteiger partial charge in [0.05, 0.1) is 17.7 Å². The lowest BCUT2D eigenvalue weighted by Crippen LogP contribution is -2.09. The summed E-state index contributed by atoms with van der Waals surface area (Å²) in [5.74, 6) is 0.796. The molecule has 0 spiro atoms. The number of hydrogen-bond donors (Lipinski definition) is 0. The van der Waals surface area contributed by atoms with Crippen LogP contribution in [-0.2, 0) is 16.4 Å². The molecule has 1 saturated heterocycles. The first-order valence-corrected chi connectivity index (χ1v) is 8.62. The summed E-state index contributed by atoms with van der Waals surface area (Å²) < 4.78 is 24.8. The molecule has 0 radical (unpaired) electrons. The molecule has 1 aromatic rings. The topological polar surface area (TPSA) is 52.0 Å². The zero-order valence-electron chi connectivity index (χ0n) is 9.84. The first-order valence-electron chi connectivity index (χ1n) is 5.88. The number of halogens is 1. The summed E-state index contributed by atoms with van der Waals surface area (Å²) in [4.78, 5) is 0.102. The lowest BCUT2D eigenvalue weighted by Gasteiger charge is -2.13. The molecule has 1 aliphatic rings. The summed E-state index contributed by atoms with van der Waals surface area (Å²) in [6, 6.07) is 0. The molecule has 2 atom stereocenters. The molecule has 0 saturated carbocycles. The van der Waals surface area contributed by atoms with E-state index in [1.54, 1.807) is 0 Å². The maximum atomic E-state index is 11.4. The number of hydrogen-bond acceptors (Lipinski definition) is 3. The van der Waals surface area contributed by atoms with Crippen LogP contribution in [0.3, 0.4) is 0 Å². The van der Waals surface area contributed by atoms with Crippen molar-refractivity contribution >= 4 is 25.8 Å². The van der Waals surface area contributed by atoms with Gasteiger partial charge in [0, 0.05) is 23.1 Å². The van der Waals surface area contributed by atoms with Gasteiger partial charge in [0.1, 0.15) is 0 Å². The van der Waals surface area contributed by atoms with Gasteiger partial charge >= 0.3 is 0 Å². The van der Waals surface area contributed by atoms with Crippen molar-refractivity contribution in [1.82, 2.24) is 9.78 Å². The lowest BCUT2D eigenvalue weighted by molar-refractivity contribution is 0.577. The first-order chi connectivity index (χ1) is 8.02. The van der Waals surface area contributed by atoms with Gasteiger partial charge in [-0.05, 0) is 18.8 Å². The van der Waals surface area contributed by atoms with E-state index in [-0.39, 0.29) is 10.7 Å². The van der Waals surface area contributed by atoms with Gasteiger partial charge in [0.15, 0.2) is 9.84 Å². The minimum atomic E-state index is -2.81. The number of rotatable bonds is 4. The van der Waals surface area contributed by atoms with E-state index in [0.29, 0.717) is 11.5 Å². The molecule has 1 aromatic heterocycles. The monoisotopic (exact) mass is 320 g/mol. The highest BCUT2D eigenvalue weighted by Gasteiger charge is 2.33. The van der Waals surface area contributed by atoms with Gasteiger partial charge in [-0.3, -0.25) is 4.68 Å². The average Bonchev–Trinajstić information content (AvgIpc) is 2.85. The molecular formula is C11H17BrN2O2S. The molecule has 0 aliphatic carbocycles. The van der Waals surface area contributed by atoms with E-state index < -0.39 is 9.84 Å². The Hall–Kier alpha value is -0.360. The van der Waals surface area contributed by atoms with Crippen LogP contribution in [0.4, 0.5) is 0 Å². The van der Waals surface area contributed by atoms with Crippen molar-refractivity contribution in [3.63, 3.8) is 0 Å². The van der Waals surface area contributed by atoms with Crippen LogP contribution in [0.15, 0.2) is 12.4 Å². The molecule has 2 heterocycles. The predicted octanol–water partition coefficient (Wildman–Crippen LogP) is 2.16. The average molecular weight is 321 g/mol. The van der Waals surface area contributed by atoms with E-state index in [1.165, 1.54) is 0 Å². The second-order valence-electron chi connectivity index (χ2n) is 4.60. The zero-order valence-corrected chi connectivity index (χ0v) is 12.2. The van der Waals surface area contributed by atoms with Gasteiger partial charge in [0.25, 0.3) is 0 Å². The van der Waals surface area contributed by atoms with Crippen molar-refractivity contribution in [3.05, 3.63) is 18.0 Å². The minimum absolute atomic E-state index is 0.102. The maximum Gasteiger partial charge on any atom is 0.150 e. The summed E-state index contributed by atoms with van der Waals surface area (Å²) in [6.45, 7) is 3.01. The Bertz CT molecular complexity index is 483. The number of aryl methyl sites for hydroxylation is 1. The van der Waals surface area contributed by atoms with E-state index in [1.807, 2.05) is 17.1 Å². The van der Waals surface area contributed by atoms with E-state index in [4.69, 9.17) is 0 Å². The lowest BCUT2D eigenvalue weighted by atomic mass is 10.0. The van der Waals surface area contributed by atoms with E-state index >= 15 is 0 Å². The molecule has 2 rings (SSSR count). The third-order valence-corrected chi connectivity index (χ3v) is 6.18. The van der Waals surface area contributed by atoms with E-state index in [2.05, 4.69) is 28.0 Å². The Morgan fingerprint density at radius 3 is 3.00 bits per heavy atom. The molecular weight excluding hydrogens is 304 g/mol. The fraction of sp³-hybridized carbons (Fsp3) is 0.727. The number of sulfone groups is 1. The highest BCUT2D eigenvalue weighted by Crippen LogP contribution is 2.37. The fourth-order valence-corrected chi connectivity index (χ4v) is 4.98. The molecule has 0 aromatic carbocycles. The Kier molecular flexibility index (Phi) is 3.92. The zero-order chi connectivity index (χ0) is 12.5. The highest BCUT2D eigenvalue weighted by molar-refractivity contribution is 9.09. The fourth-order valence-electron chi connectivity index (χ4n) is 2.20. The van der Waals surface area contributed by atoms with Crippen LogP contribution < -0.4 is 0 Å². The van der Waals surface area contributed by atoms with E-state index in [0.717, 1.165) is 24.9 Å². The summed E-state index contributed by atoms with van der Waals surface area (Å²) in [7, 11) is -2.81. The molecule has 2 unspecified atom stereocenters. The number of alkyl halides is 1. The largest absolute Gasteiger partial charge is 0.272 e. The van der Waals surface area contributed by atoms with Crippen molar-refractivity contribution in [1.29, 1.82) is 0 Å². The van der Waals surface area contributed by atoms with Crippen molar-refractivity contribution in [2.45, 2.75) is 31.1 Å². The van der Waals surface area contributed by atoms with Gasteiger partial charge in [-0.2, -0.15) is 5.10 Å². The second kappa shape index (κ2) is 5.10. The third kappa shape index (κ3) is 3.10. The molecule has 0 amide bonds. The molecule has 6 heteroatoms. The van der Waals surface area contributed by atoms with Crippen LogP contribution in [0, 0.1) is 5.92 Å². The first kappa shape index (κ1) is 13.1. The Morgan fingerprint density at radius 1 is 1.65 bits per heavy atom. The third-order valence-electron chi connectivity index (χ3n) is 3.11. The van der Waals surface area contributed by atoms with Crippen LogP contribution in [0.1, 0.15) is 30.2 Å². The SMILES string of the molecule is CCCn1cc(C(Br)C2CCS(=O)(=O)C2)cn1. The molecule has 1 aliphatic heterocycles. The summed E-state index contributed by atoms with van der Waals surface area (Å²) in [5, 5.41) is 4.27. The second-order valence-corrected chi connectivity index (χ2v) is 7.82. The highest BCUT2D eigenvalue weighted by atomic mass is 79.9. The van der Waals surface area contributed by atoms with E-state index in [9.17, 15) is 8.42 Å². The molecule has 0 bridgehead atoms. The van der Waals surface area contributed by atoms with Crippen LogP contribution in [0.2, 0.25) is 0 Å². The van der Waals surface area contributed by atoms with Gasteiger partial charge in [-0.25, -0.2) is 8.42 Å². The molecule has 4 nitrogen and oxygen atoms in total. The minimum Gasteiger partial charge on any atom is -0.272 e. The molecule has 0 N–H and O–H groups in total. The van der Waals surface area contributed by atoms with Crippen molar-refractivity contribution in [3.8, 4) is 0 Å². The van der Waals surface area contributed by atoms with Crippen molar-refractivity contribution < 1.29 is 8.42 Å². The summed E-state index contributed by atoms with van der Waals surface area (Å²) >= 11 is 3.61. The van der Waals surface area contributed by atoms with Gasteiger partial charge in [-0.1, -0.05) is 22.9 Å². The van der Waals surface area contributed by atoms with Crippen molar-refractivity contribution in [2.24, 2.45) is 5.92 Å². The van der Waals surface area contributed by atoms with Crippen LogP contribution in [0.5, 0.6) is 0 Å². The summed E-state index contributed by atoms with van der Waals surface area (Å²) in [6.07, 6.45) is 5.64. The van der Waals surface area contributed by atoms with Gasteiger partial charge in [0.2, 0.25) is 0 Å². The Morgan fingerprint density at radius 2 is 2.41 bits per heavy atom. The Balaban J connectivity index is 2.06. The quantitative estimate of drug-likeness (QED) is 0.799. The normalized spacial score (nSPS) is 24.9. The number of aromatic nitrogens is 2. The van der Waals surface area contributed by atoms with Crippen molar-refractivity contribution in [2.75, 3.05) is 11.5 Å². The smallest absolute Gasteiger partial charge is 0.150 e. The Labute approximate surface area is 110 Å².